The zero-order valence-corrected chi connectivity index (χ0v) is 10.6. The Morgan fingerprint density at radius 3 is 2.83 bits per heavy atom. The van der Waals surface area contributed by atoms with Crippen LogP contribution in [0.4, 0.5) is 0 Å². The Morgan fingerprint density at radius 1 is 1.28 bits per heavy atom. The number of aromatic nitrogens is 3. The Hall–Kier alpha value is -1.68. The number of nitrogens with one attached hydrogen (secondary N) is 2. The van der Waals surface area contributed by atoms with Gasteiger partial charge < -0.3 is 10.3 Å². The van der Waals surface area contributed by atoms with Crippen LogP contribution < -0.4 is 5.32 Å². The van der Waals surface area contributed by atoms with Crippen LogP contribution in [0.1, 0.15) is 30.3 Å². The smallest absolute Gasteiger partial charge is 0.111 e. The fraction of sp³-hybridized carbons (Fsp3) is 0.429. The number of aryl methyl sites for hydroxylation is 1. The quantitative estimate of drug-likeness (QED) is 0.849. The number of hydrogen-bond donors (Lipinski definition) is 2. The molecule has 0 radical (unpaired) electrons. The first-order chi connectivity index (χ1) is 8.84. The lowest BCUT2D eigenvalue weighted by Crippen LogP contribution is -2.28. The van der Waals surface area contributed by atoms with Gasteiger partial charge in [-0.2, -0.15) is 0 Å². The minimum atomic E-state index is 0.521. The van der Waals surface area contributed by atoms with Gasteiger partial charge in [-0.15, -0.1) is 0 Å². The van der Waals surface area contributed by atoms with Gasteiger partial charge in [0.15, 0.2) is 0 Å². The molecule has 2 N–H and O–H groups in total. The van der Waals surface area contributed by atoms with E-state index in [1.54, 1.807) is 0 Å². The lowest BCUT2D eigenvalue weighted by Gasteiger charge is -2.20. The number of piperidine rings is 1. The summed E-state index contributed by atoms with van der Waals surface area (Å²) in [5.74, 6) is 1.64. The Bertz CT molecular complexity index is 512. The van der Waals surface area contributed by atoms with Crippen molar-refractivity contribution in [2.75, 3.05) is 13.1 Å². The standard InChI is InChI=1S/C14H18N4/c1-10-13(11-4-7-15-8-5-11)18-14(17-10)12-3-2-6-16-9-12/h4-5,7-8,12,16H,2-3,6,9H2,1H3,(H,17,18). The summed E-state index contributed by atoms with van der Waals surface area (Å²) in [7, 11) is 0. The van der Waals surface area contributed by atoms with E-state index in [4.69, 9.17) is 4.98 Å². The first-order valence-electron chi connectivity index (χ1n) is 6.52. The molecule has 4 nitrogen and oxygen atoms in total. The van der Waals surface area contributed by atoms with E-state index >= 15 is 0 Å². The molecule has 1 saturated heterocycles. The summed E-state index contributed by atoms with van der Waals surface area (Å²) >= 11 is 0. The van der Waals surface area contributed by atoms with Gasteiger partial charge in [0.05, 0.1) is 5.69 Å². The van der Waals surface area contributed by atoms with E-state index in [2.05, 4.69) is 22.2 Å². The molecular formula is C14H18N4. The van der Waals surface area contributed by atoms with Gasteiger partial charge in [0.2, 0.25) is 0 Å². The third-order valence-corrected chi connectivity index (χ3v) is 3.54. The number of nitrogens with zero attached hydrogens (tertiary/aromatic N) is 2. The molecule has 0 saturated carbocycles. The molecule has 2 aromatic rings. The van der Waals surface area contributed by atoms with Gasteiger partial charge in [0, 0.05) is 36.1 Å². The number of aromatic amines is 1. The van der Waals surface area contributed by atoms with Crippen molar-refractivity contribution in [1.82, 2.24) is 20.3 Å². The fourth-order valence-corrected chi connectivity index (χ4v) is 2.55. The van der Waals surface area contributed by atoms with Crippen LogP contribution in [-0.2, 0) is 0 Å². The van der Waals surface area contributed by atoms with Crippen molar-refractivity contribution in [1.29, 1.82) is 0 Å². The van der Waals surface area contributed by atoms with Crippen molar-refractivity contribution in [2.24, 2.45) is 0 Å². The number of imidazole rings is 1. The van der Waals surface area contributed by atoms with Crippen LogP contribution in [0.5, 0.6) is 0 Å². The minimum Gasteiger partial charge on any atom is -0.345 e. The van der Waals surface area contributed by atoms with E-state index in [1.807, 2.05) is 24.5 Å². The molecule has 3 rings (SSSR count). The molecule has 1 unspecified atom stereocenters. The van der Waals surface area contributed by atoms with Gasteiger partial charge in [-0.1, -0.05) is 0 Å². The second-order valence-electron chi connectivity index (χ2n) is 4.87. The Balaban J connectivity index is 1.91. The highest BCUT2D eigenvalue weighted by atomic mass is 15.0. The maximum Gasteiger partial charge on any atom is 0.111 e. The third kappa shape index (κ3) is 2.16. The zero-order chi connectivity index (χ0) is 12.4. The van der Waals surface area contributed by atoms with Crippen molar-refractivity contribution in [2.45, 2.75) is 25.7 Å². The molecule has 0 spiro atoms. The van der Waals surface area contributed by atoms with Crippen molar-refractivity contribution in [3.05, 3.63) is 36.0 Å². The highest BCUT2D eigenvalue weighted by molar-refractivity contribution is 5.61. The molecule has 0 aromatic carbocycles. The van der Waals surface area contributed by atoms with Crippen molar-refractivity contribution in [3.8, 4) is 11.3 Å². The summed E-state index contributed by atoms with van der Waals surface area (Å²) in [5.41, 5.74) is 3.33. The van der Waals surface area contributed by atoms with Crippen molar-refractivity contribution >= 4 is 0 Å². The summed E-state index contributed by atoms with van der Waals surface area (Å²) in [6.45, 7) is 4.25. The molecule has 0 bridgehead atoms. The van der Waals surface area contributed by atoms with Crippen molar-refractivity contribution in [3.63, 3.8) is 0 Å². The van der Waals surface area contributed by atoms with Crippen LogP contribution in [-0.4, -0.2) is 28.0 Å². The zero-order valence-electron chi connectivity index (χ0n) is 10.6. The second-order valence-corrected chi connectivity index (χ2v) is 4.87. The summed E-state index contributed by atoms with van der Waals surface area (Å²) < 4.78 is 0. The number of hydrogen-bond acceptors (Lipinski definition) is 3. The monoisotopic (exact) mass is 242 g/mol. The van der Waals surface area contributed by atoms with Gasteiger partial charge >= 0.3 is 0 Å². The fourth-order valence-electron chi connectivity index (χ4n) is 2.55. The number of pyridine rings is 1. The summed E-state index contributed by atoms with van der Waals surface area (Å²) in [6.07, 6.45) is 6.07. The van der Waals surface area contributed by atoms with E-state index in [0.717, 1.165) is 35.9 Å². The van der Waals surface area contributed by atoms with Crippen LogP contribution in [0.25, 0.3) is 11.3 Å². The van der Waals surface area contributed by atoms with Crippen LogP contribution in [0.3, 0.4) is 0 Å². The lowest BCUT2D eigenvalue weighted by molar-refractivity contribution is 0.448. The van der Waals surface area contributed by atoms with Gasteiger partial charge in [-0.05, 0) is 38.4 Å². The summed E-state index contributed by atoms with van der Waals surface area (Å²) in [6, 6.07) is 4.01. The molecule has 1 fully saturated rings. The highest BCUT2D eigenvalue weighted by Crippen LogP contribution is 2.26. The Labute approximate surface area is 107 Å². The minimum absolute atomic E-state index is 0.521. The lowest BCUT2D eigenvalue weighted by atomic mass is 9.99. The summed E-state index contributed by atoms with van der Waals surface area (Å²) in [4.78, 5) is 12.3. The highest BCUT2D eigenvalue weighted by Gasteiger charge is 2.19. The molecule has 3 heterocycles. The first kappa shape index (κ1) is 11.4. The Morgan fingerprint density at radius 2 is 2.11 bits per heavy atom. The van der Waals surface area contributed by atoms with E-state index in [1.165, 1.54) is 12.8 Å². The topological polar surface area (TPSA) is 53.6 Å². The van der Waals surface area contributed by atoms with Crippen LogP contribution in [0, 0.1) is 6.92 Å². The largest absolute Gasteiger partial charge is 0.345 e. The average molecular weight is 242 g/mol. The maximum atomic E-state index is 4.78. The molecule has 0 amide bonds. The summed E-state index contributed by atoms with van der Waals surface area (Å²) in [5, 5.41) is 3.43. The third-order valence-electron chi connectivity index (χ3n) is 3.54. The molecule has 18 heavy (non-hydrogen) atoms. The van der Waals surface area contributed by atoms with Crippen molar-refractivity contribution < 1.29 is 0 Å². The van der Waals surface area contributed by atoms with E-state index in [0.29, 0.717) is 5.92 Å². The second kappa shape index (κ2) is 4.90. The molecule has 0 aliphatic carbocycles. The van der Waals surface area contributed by atoms with Crippen LogP contribution in [0.15, 0.2) is 24.5 Å². The predicted octanol–water partition coefficient (Wildman–Crippen LogP) is 2.25. The van der Waals surface area contributed by atoms with Gasteiger partial charge in [-0.25, -0.2) is 4.98 Å². The van der Waals surface area contributed by atoms with Gasteiger partial charge in [0.25, 0.3) is 0 Å². The average Bonchev–Trinajstić information content (AvgIpc) is 2.83. The number of rotatable bonds is 2. The molecule has 1 aliphatic rings. The molecule has 4 heteroatoms. The molecule has 1 atom stereocenters. The molecule has 94 valence electrons. The van der Waals surface area contributed by atoms with Crippen LogP contribution in [0.2, 0.25) is 0 Å². The van der Waals surface area contributed by atoms with E-state index in [9.17, 15) is 0 Å². The van der Waals surface area contributed by atoms with Gasteiger partial charge in [0.1, 0.15) is 5.82 Å². The van der Waals surface area contributed by atoms with E-state index in [-0.39, 0.29) is 0 Å². The SMILES string of the molecule is Cc1[nH]c(C2CCCNC2)nc1-c1ccncc1. The molecular weight excluding hydrogens is 224 g/mol. The van der Waals surface area contributed by atoms with Gasteiger partial charge in [-0.3, -0.25) is 4.98 Å². The molecule has 1 aliphatic heterocycles. The number of H-pyrrole nitrogens is 1. The first-order valence-corrected chi connectivity index (χ1v) is 6.52. The predicted molar refractivity (Wildman–Crippen MR) is 71.4 cm³/mol. The molecule has 2 aromatic heterocycles. The van der Waals surface area contributed by atoms with Crippen LogP contribution >= 0.6 is 0 Å². The van der Waals surface area contributed by atoms with E-state index < -0.39 is 0 Å². The maximum absolute atomic E-state index is 4.78. The normalized spacial score (nSPS) is 19.9. The Kier molecular flexibility index (Phi) is 3.11.